The standard InChI is InChI=1S/C39H65NO8/c1-21(2)29(40-32(44)48-33(3,4)5)31(43)47-24-19-37(11)25-18-22(41)30-34(6,7)26(42)14-15-39(30)20-38(25,39)17-16-36(37,10)28(24)23-12-13-27(46-23)35(8,9)45/h21-30,41-42,45H,12-20H2,1-11H3,(H,40,44)/t22-,23?,24-,25?,26-,27-,28-,29-,30-,36+,37-,38?,39+/m0/s1. The third-order valence-electron chi connectivity index (χ3n) is 15.2. The Morgan fingerprint density at radius 2 is 1.58 bits per heavy atom. The Balaban J connectivity index is 1.34. The number of nitrogens with one attached hydrogen (secondary N) is 1. The second kappa shape index (κ2) is 11.3. The van der Waals surface area contributed by atoms with E-state index >= 15 is 0 Å². The van der Waals surface area contributed by atoms with Crippen molar-refractivity contribution in [1.29, 1.82) is 0 Å². The molecular formula is C39H65NO8. The van der Waals surface area contributed by atoms with Gasteiger partial charge in [-0.3, -0.25) is 0 Å². The molecule has 2 spiro atoms. The summed E-state index contributed by atoms with van der Waals surface area (Å²) >= 11 is 0. The maximum atomic E-state index is 14.1. The summed E-state index contributed by atoms with van der Waals surface area (Å²) in [6, 6.07) is -0.872. The Morgan fingerprint density at radius 1 is 0.917 bits per heavy atom. The van der Waals surface area contributed by atoms with Gasteiger partial charge in [0.1, 0.15) is 17.7 Å². The molecule has 6 rings (SSSR count). The average molecular weight is 676 g/mol. The van der Waals surface area contributed by atoms with Crippen LogP contribution in [0.1, 0.15) is 134 Å². The summed E-state index contributed by atoms with van der Waals surface area (Å²) < 4.78 is 18.8. The first-order chi connectivity index (χ1) is 21.9. The highest BCUT2D eigenvalue weighted by Crippen LogP contribution is 2.89. The molecule has 1 heterocycles. The number of aliphatic hydroxyl groups excluding tert-OH is 2. The van der Waals surface area contributed by atoms with Crippen LogP contribution in [0.25, 0.3) is 0 Å². The molecule has 0 aromatic rings. The molecule has 13 atom stereocenters. The molecule has 274 valence electrons. The third kappa shape index (κ3) is 5.28. The molecule has 1 aliphatic heterocycles. The number of rotatable bonds is 6. The van der Waals surface area contributed by atoms with E-state index in [1.54, 1.807) is 34.6 Å². The van der Waals surface area contributed by atoms with Gasteiger partial charge >= 0.3 is 12.1 Å². The molecule has 3 unspecified atom stereocenters. The number of ether oxygens (including phenoxy) is 3. The first-order valence-electron chi connectivity index (χ1n) is 18.9. The van der Waals surface area contributed by atoms with Gasteiger partial charge in [-0.05, 0) is 137 Å². The van der Waals surface area contributed by atoms with Crippen molar-refractivity contribution in [2.75, 3.05) is 0 Å². The van der Waals surface area contributed by atoms with E-state index in [2.05, 4.69) is 33.0 Å². The average Bonchev–Trinajstić information content (AvgIpc) is 3.19. The molecule has 5 saturated carbocycles. The molecule has 0 radical (unpaired) electrons. The van der Waals surface area contributed by atoms with Crippen LogP contribution in [0.5, 0.6) is 0 Å². The van der Waals surface area contributed by atoms with Crippen LogP contribution < -0.4 is 5.32 Å². The third-order valence-corrected chi connectivity index (χ3v) is 15.2. The highest BCUT2D eigenvalue weighted by molar-refractivity contribution is 5.82. The van der Waals surface area contributed by atoms with Crippen LogP contribution in [0.15, 0.2) is 0 Å². The molecule has 0 aromatic carbocycles. The number of amides is 1. The quantitative estimate of drug-likeness (QED) is 0.247. The summed E-state index contributed by atoms with van der Waals surface area (Å²) in [4.78, 5) is 26.9. The maximum absolute atomic E-state index is 14.1. The molecule has 1 amide bonds. The number of hydrogen-bond donors (Lipinski definition) is 4. The van der Waals surface area contributed by atoms with E-state index in [-0.39, 0.29) is 63.0 Å². The number of aliphatic hydroxyl groups is 3. The summed E-state index contributed by atoms with van der Waals surface area (Å²) in [5.41, 5.74) is -2.37. The van der Waals surface area contributed by atoms with Crippen molar-refractivity contribution in [3.05, 3.63) is 0 Å². The summed E-state index contributed by atoms with van der Waals surface area (Å²) in [6.45, 7) is 21.8. The second-order valence-electron chi connectivity index (χ2n) is 20.0. The van der Waals surface area contributed by atoms with E-state index in [9.17, 15) is 24.9 Å². The highest BCUT2D eigenvalue weighted by atomic mass is 16.6. The Bertz CT molecular complexity index is 1290. The van der Waals surface area contributed by atoms with Crippen molar-refractivity contribution in [3.63, 3.8) is 0 Å². The van der Waals surface area contributed by atoms with E-state index < -0.39 is 47.6 Å². The van der Waals surface area contributed by atoms with Crippen LogP contribution >= 0.6 is 0 Å². The Hall–Kier alpha value is -1.42. The van der Waals surface area contributed by atoms with Gasteiger partial charge < -0.3 is 34.8 Å². The van der Waals surface area contributed by atoms with E-state index in [4.69, 9.17) is 14.2 Å². The molecule has 6 aliphatic rings. The fraction of sp³-hybridized carbons (Fsp3) is 0.949. The normalized spacial score (nSPS) is 46.9. The number of carbonyl (C=O) groups is 2. The van der Waals surface area contributed by atoms with Crippen molar-refractivity contribution >= 4 is 12.1 Å². The summed E-state index contributed by atoms with van der Waals surface area (Å²) in [5, 5.41) is 36.8. The zero-order valence-corrected chi connectivity index (χ0v) is 31.5. The monoisotopic (exact) mass is 675 g/mol. The minimum atomic E-state index is -0.984. The van der Waals surface area contributed by atoms with Gasteiger partial charge in [0, 0.05) is 5.92 Å². The van der Waals surface area contributed by atoms with E-state index in [0.29, 0.717) is 12.8 Å². The van der Waals surface area contributed by atoms with Gasteiger partial charge in [0.05, 0.1) is 30.0 Å². The van der Waals surface area contributed by atoms with Crippen LogP contribution in [-0.2, 0) is 19.0 Å². The van der Waals surface area contributed by atoms with Crippen LogP contribution in [0, 0.1) is 50.7 Å². The Labute approximate surface area is 288 Å². The molecule has 5 aliphatic carbocycles. The maximum Gasteiger partial charge on any atom is 0.408 e. The first kappa shape index (κ1) is 36.4. The lowest BCUT2D eigenvalue weighted by atomic mass is 9.41. The lowest BCUT2D eigenvalue weighted by Gasteiger charge is -2.64. The second-order valence-corrected chi connectivity index (χ2v) is 20.0. The Kier molecular flexibility index (Phi) is 8.55. The molecule has 0 aromatic heterocycles. The van der Waals surface area contributed by atoms with E-state index in [1.807, 2.05) is 13.8 Å². The van der Waals surface area contributed by atoms with Gasteiger partial charge in [-0.1, -0.05) is 41.5 Å². The fourth-order valence-corrected chi connectivity index (χ4v) is 12.8. The minimum absolute atomic E-state index is 0.0304. The number of fused-ring (bicyclic) bond motifs is 2. The smallest absolute Gasteiger partial charge is 0.408 e. The highest BCUT2D eigenvalue weighted by Gasteiger charge is 2.84. The van der Waals surface area contributed by atoms with E-state index in [0.717, 1.165) is 44.9 Å². The predicted molar refractivity (Wildman–Crippen MR) is 182 cm³/mol. The molecule has 4 N–H and O–H groups in total. The minimum Gasteiger partial charge on any atom is -0.460 e. The van der Waals surface area contributed by atoms with Crippen molar-refractivity contribution in [3.8, 4) is 0 Å². The van der Waals surface area contributed by atoms with Crippen molar-refractivity contribution < 1.29 is 39.1 Å². The SMILES string of the molecule is CC(C)[C@H](NC(=O)OC(C)(C)C)C(=O)O[C@H]1C[C@@]2(C)C3C[C@H](O)[C@H]4C(C)(C)[C@@H](O)CC[C@@]45CC35CC[C@]2(C)[C@H]1C1CC[C@@H](C(C)(C)O)O1. The number of carbonyl (C=O) groups excluding carboxylic acids is 2. The van der Waals surface area contributed by atoms with Crippen LogP contribution in [0.4, 0.5) is 4.79 Å². The van der Waals surface area contributed by atoms with Crippen molar-refractivity contribution in [2.24, 2.45) is 50.7 Å². The molecule has 48 heavy (non-hydrogen) atoms. The zero-order valence-electron chi connectivity index (χ0n) is 31.5. The molecule has 9 nitrogen and oxygen atoms in total. The molecule has 0 bridgehead atoms. The molecule has 1 saturated heterocycles. The summed E-state index contributed by atoms with van der Waals surface area (Å²) in [7, 11) is 0. The van der Waals surface area contributed by atoms with E-state index in [1.165, 1.54) is 0 Å². The summed E-state index contributed by atoms with van der Waals surface area (Å²) in [6.07, 6.45) is 5.24. The number of hydrogen-bond acceptors (Lipinski definition) is 8. The van der Waals surface area contributed by atoms with Gasteiger partial charge in [-0.2, -0.15) is 0 Å². The molecule has 6 fully saturated rings. The first-order valence-corrected chi connectivity index (χ1v) is 18.9. The van der Waals surface area contributed by atoms with Crippen LogP contribution in [-0.4, -0.2) is 75.1 Å². The van der Waals surface area contributed by atoms with Gasteiger partial charge in [0.15, 0.2) is 0 Å². The predicted octanol–water partition coefficient (Wildman–Crippen LogP) is 6.15. The topological polar surface area (TPSA) is 135 Å². The number of alkyl carbamates (subject to hydrolysis) is 1. The Morgan fingerprint density at radius 3 is 2.17 bits per heavy atom. The van der Waals surface area contributed by atoms with Crippen molar-refractivity contribution in [1.82, 2.24) is 5.32 Å². The molecular weight excluding hydrogens is 610 g/mol. The van der Waals surface area contributed by atoms with Gasteiger partial charge in [0.25, 0.3) is 0 Å². The molecule has 9 heteroatoms. The number of esters is 1. The largest absolute Gasteiger partial charge is 0.460 e. The zero-order chi connectivity index (χ0) is 35.6. The van der Waals surface area contributed by atoms with Gasteiger partial charge in [-0.15, -0.1) is 0 Å². The van der Waals surface area contributed by atoms with Crippen LogP contribution in [0.2, 0.25) is 0 Å². The fourth-order valence-electron chi connectivity index (χ4n) is 12.8. The van der Waals surface area contributed by atoms with Gasteiger partial charge in [-0.25, -0.2) is 9.59 Å². The summed E-state index contributed by atoms with van der Waals surface area (Å²) in [5.74, 6) is -0.455. The lowest BCUT2D eigenvalue weighted by Crippen LogP contribution is -2.61. The van der Waals surface area contributed by atoms with Crippen LogP contribution in [0.3, 0.4) is 0 Å². The van der Waals surface area contributed by atoms with Gasteiger partial charge in [0.2, 0.25) is 0 Å². The van der Waals surface area contributed by atoms with Crippen molar-refractivity contribution in [2.45, 2.75) is 182 Å². The lowest BCUT2D eigenvalue weighted by molar-refractivity contribution is -0.203.